The number of sulfone groups is 1. The highest BCUT2D eigenvalue weighted by atomic mass is 32.2. The first-order valence-electron chi connectivity index (χ1n) is 8.66. The lowest BCUT2D eigenvalue weighted by atomic mass is 10.1. The number of hydrogen-bond donors (Lipinski definition) is 1. The van der Waals surface area contributed by atoms with Crippen molar-refractivity contribution in [2.45, 2.75) is 50.3 Å². The molecular formula is C20H26O3S. The molecule has 2 aromatic carbocycles. The van der Waals surface area contributed by atoms with Crippen molar-refractivity contribution in [1.29, 1.82) is 0 Å². The fourth-order valence-electron chi connectivity index (χ4n) is 2.81. The van der Waals surface area contributed by atoms with E-state index in [9.17, 15) is 13.5 Å². The Bertz CT molecular complexity index is 737. The maximum absolute atomic E-state index is 12.7. The van der Waals surface area contributed by atoms with Gasteiger partial charge in [-0.2, -0.15) is 0 Å². The van der Waals surface area contributed by atoms with Crippen LogP contribution in [-0.4, -0.2) is 19.3 Å². The average Bonchev–Trinajstić information content (AvgIpc) is 2.58. The summed E-state index contributed by atoms with van der Waals surface area (Å²) < 4.78 is 25.5. The van der Waals surface area contributed by atoms with Crippen molar-refractivity contribution in [1.82, 2.24) is 0 Å². The fourth-order valence-corrected chi connectivity index (χ4v) is 4.41. The maximum atomic E-state index is 12.7. The summed E-state index contributed by atoms with van der Waals surface area (Å²) in [4.78, 5) is 0.306. The lowest BCUT2D eigenvalue weighted by Crippen LogP contribution is -2.08. The van der Waals surface area contributed by atoms with Crippen LogP contribution in [0, 0.1) is 0 Å². The largest absolute Gasteiger partial charge is 0.508 e. The summed E-state index contributed by atoms with van der Waals surface area (Å²) in [6.07, 6.45) is 6.28. The van der Waals surface area contributed by atoms with Gasteiger partial charge in [0.25, 0.3) is 0 Å². The summed E-state index contributed by atoms with van der Waals surface area (Å²) in [5.41, 5.74) is 1.37. The Labute approximate surface area is 145 Å². The number of rotatable bonds is 9. The molecule has 4 heteroatoms. The van der Waals surface area contributed by atoms with Crippen LogP contribution in [0.25, 0.3) is 11.1 Å². The second-order valence-electron chi connectivity index (χ2n) is 6.13. The SMILES string of the molecule is CCCCCCCCS(=O)(=O)c1ccc(O)cc1-c1ccccc1. The molecule has 0 saturated carbocycles. The van der Waals surface area contributed by atoms with Crippen molar-refractivity contribution in [3.8, 4) is 16.9 Å². The van der Waals surface area contributed by atoms with E-state index in [1.807, 2.05) is 30.3 Å². The van der Waals surface area contributed by atoms with Crippen LogP contribution in [0.3, 0.4) is 0 Å². The van der Waals surface area contributed by atoms with Gasteiger partial charge in [-0.25, -0.2) is 8.42 Å². The molecule has 0 aromatic heterocycles. The molecule has 0 fully saturated rings. The molecule has 1 N–H and O–H groups in total. The number of aromatic hydroxyl groups is 1. The lowest BCUT2D eigenvalue weighted by Gasteiger charge is -2.11. The molecule has 0 radical (unpaired) electrons. The second-order valence-corrected chi connectivity index (χ2v) is 8.21. The zero-order valence-corrected chi connectivity index (χ0v) is 15.1. The third-order valence-electron chi connectivity index (χ3n) is 4.15. The Balaban J connectivity index is 2.15. The Morgan fingerprint density at radius 3 is 2.25 bits per heavy atom. The summed E-state index contributed by atoms with van der Waals surface area (Å²) in [6, 6.07) is 13.8. The molecule has 0 spiro atoms. The second kappa shape index (κ2) is 8.88. The summed E-state index contributed by atoms with van der Waals surface area (Å²) in [5.74, 6) is 0.233. The first kappa shape index (κ1) is 18.5. The molecule has 0 saturated heterocycles. The normalized spacial score (nSPS) is 11.5. The highest BCUT2D eigenvalue weighted by molar-refractivity contribution is 7.91. The minimum Gasteiger partial charge on any atom is -0.508 e. The van der Waals surface area contributed by atoms with Crippen molar-refractivity contribution in [2.75, 3.05) is 5.75 Å². The topological polar surface area (TPSA) is 54.4 Å². The highest BCUT2D eigenvalue weighted by Crippen LogP contribution is 2.31. The third-order valence-corrected chi connectivity index (χ3v) is 6.00. The summed E-state index contributed by atoms with van der Waals surface area (Å²) in [7, 11) is -3.36. The van der Waals surface area contributed by atoms with Gasteiger partial charge in [0.2, 0.25) is 0 Å². The molecule has 0 atom stereocenters. The van der Waals surface area contributed by atoms with Crippen LogP contribution in [0.5, 0.6) is 5.75 Å². The number of unbranched alkanes of at least 4 members (excludes halogenated alkanes) is 5. The Morgan fingerprint density at radius 1 is 0.875 bits per heavy atom. The van der Waals surface area contributed by atoms with E-state index in [-0.39, 0.29) is 11.5 Å². The predicted octanol–water partition coefficient (Wildman–Crippen LogP) is 5.19. The number of phenolic OH excluding ortho intramolecular Hbond substituents is 1. The smallest absolute Gasteiger partial charge is 0.178 e. The summed E-state index contributed by atoms with van der Waals surface area (Å²) in [6.45, 7) is 2.17. The summed E-state index contributed by atoms with van der Waals surface area (Å²) >= 11 is 0. The van der Waals surface area contributed by atoms with Gasteiger partial charge in [0, 0.05) is 5.56 Å². The first-order chi connectivity index (χ1) is 11.5. The first-order valence-corrected chi connectivity index (χ1v) is 10.3. The van der Waals surface area contributed by atoms with Crippen molar-refractivity contribution >= 4 is 9.84 Å². The van der Waals surface area contributed by atoms with E-state index in [4.69, 9.17) is 0 Å². The third kappa shape index (κ3) is 5.10. The molecule has 3 nitrogen and oxygen atoms in total. The highest BCUT2D eigenvalue weighted by Gasteiger charge is 2.19. The molecule has 0 heterocycles. The van der Waals surface area contributed by atoms with E-state index < -0.39 is 9.84 Å². The fraction of sp³-hybridized carbons (Fsp3) is 0.400. The van der Waals surface area contributed by atoms with Gasteiger partial charge in [0.15, 0.2) is 9.84 Å². The number of hydrogen-bond acceptors (Lipinski definition) is 3. The summed E-state index contributed by atoms with van der Waals surface area (Å²) in [5, 5.41) is 9.77. The Kier molecular flexibility index (Phi) is 6.85. The van der Waals surface area contributed by atoms with Crippen molar-refractivity contribution in [3.63, 3.8) is 0 Å². The van der Waals surface area contributed by atoms with Crippen LogP contribution in [0.2, 0.25) is 0 Å². The van der Waals surface area contributed by atoms with E-state index in [1.165, 1.54) is 37.5 Å². The van der Waals surface area contributed by atoms with Crippen LogP contribution in [-0.2, 0) is 9.84 Å². The average molecular weight is 346 g/mol. The van der Waals surface area contributed by atoms with Crippen LogP contribution in [0.4, 0.5) is 0 Å². The van der Waals surface area contributed by atoms with Crippen LogP contribution < -0.4 is 0 Å². The van der Waals surface area contributed by atoms with Crippen molar-refractivity contribution < 1.29 is 13.5 Å². The van der Waals surface area contributed by atoms with Gasteiger partial charge in [-0.15, -0.1) is 0 Å². The Hall–Kier alpha value is -1.81. The van der Waals surface area contributed by atoms with Gasteiger partial charge in [-0.1, -0.05) is 69.4 Å². The standard InChI is InChI=1S/C20H26O3S/c1-2-3-4-5-6-10-15-24(22,23)20-14-13-18(21)16-19(20)17-11-8-7-9-12-17/h7-9,11-14,16,21H,2-6,10,15H2,1H3. The van der Waals surface area contributed by atoms with E-state index in [1.54, 1.807) is 0 Å². The Morgan fingerprint density at radius 2 is 1.54 bits per heavy atom. The van der Waals surface area contributed by atoms with Gasteiger partial charge in [-0.3, -0.25) is 0 Å². The van der Waals surface area contributed by atoms with E-state index in [0.717, 1.165) is 18.4 Å². The zero-order chi connectivity index (χ0) is 17.4. The van der Waals surface area contributed by atoms with Gasteiger partial charge in [0.1, 0.15) is 5.75 Å². The van der Waals surface area contributed by atoms with Gasteiger partial charge < -0.3 is 5.11 Å². The molecule has 0 aliphatic carbocycles. The molecule has 0 amide bonds. The molecule has 24 heavy (non-hydrogen) atoms. The molecule has 0 aliphatic rings. The van der Waals surface area contributed by atoms with Gasteiger partial charge >= 0.3 is 0 Å². The lowest BCUT2D eigenvalue weighted by molar-refractivity contribution is 0.475. The molecule has 2 rings (SSSR count). The monoisotopic (exact) mass is 346 g/mol. The van der Waals surface area contributed by atoms with E-state index in [0.29, 0.717) is 16.9 Å². The van der Waals surface area contributed by atoms with E-state index in [2.05, 4.69) is 6.92 Å². The minimum absolute atomic E-state index is 0.0763. The molecule has 2 aromatic rings. The van der Waals surface area contributed by atoms with Crippen LogP contribution in [0.15, 0.2) is 53.4 Å². The zero-order valence-electron chi connectivity index (χ0n) is 14.2. The molecule has 0 bridgehead atoms. The van der Waals surface area contributed by atoms with Crippen molar-refractivity contribution in [2.24, 2.45) is 0 Å². The molecule has 0 aliphatic heterocycles. The molecule has 130 valence electrons. The van der Waals surface area contributed by atoms with Gasteiger partial charge in [-0.05, 0) is 30.2 Å². The van der Waals surface area contributed by atoms with Crippen LogP contribution >= 0.6 is 0 Å². The van der Waals surface area contributed by atoms with Crippen LogP contribution in [0.1, 0.15) is 45.4 Å². The van der Waals surface area contributed by atoms with Gasteiger partial charge in [0.05, 0.1) is 10.6 Å². The molecule has 0 unspecified atom stereocenters. The molecular weight excluding hydrogens is 320 g/mol. The quantitative estimate of drug-likeness (QED) is 0.635. The number of benzene rings is 2. The van der Waals surface area contributed by atoms with Crippen molar-refractivity contribution in [3.05, 3.63) is 48.5 Å². The maximum Gasteiger partial charge on any atom is 0.178 e. The van der Waals surface area contributed by atoms with E-state index >= 15 is 0 Å². The predicted molar refractivity (Wildman–Crippen MR) is 99.0 cm³/mol. The minimum atomic E-state index is -3.36. The number of phenols is 1.